The molecule has 0 spiro atoms. The standard InChI is InChI=1S/C32H41NO3/c1-4-6-7-8-9-11-15-26-18-20-28(21-19-26)25(3)22-29(14-5-2)31(34)33-30(24-36-32(33)35)23-27-16-12-10-13-17-27/h5,10,12-13,16-21,29-30H,2-4,6-9,11,14-15,22-24H2,1H3/t29-,30+/m0/s1. The van der Waals surface area contributed by atoms with Gasteiger partial charge in [-0.2, -0.15) is 0 Å². The van der Waals surface area contributed by atoms with Crippen molar-refractivity contribution < 1.29 is 14.3 Å². The maximum Gasteiger partial charge on any atom is 0.416 e. The molecule has 0 unspecified atom stereocenters. The zero-order valence-corrected chi connectivity index (χ0v) is 21.8. The molecular formula is C32H41NO3. The fourth-order valence-corrected chi connectivity index (χ4v) is 4.87. The predicted molar refractivity (Wildman–Crippen MR) is 148 cm³/mol. The summed E-state index contributed by atoms with van der Waals surface area (Å²) in [6.45, 7) is 10.6. The van der Waals surface area contributed by atoms with Gasteiger partial charge in [0.15, 0.2) is 0 Å². The summed E-state index contributed by atoms with van der Waals surface area (Å²) < 4.78 is 5.28. The van der Waals surface area contributed by atoms with Crippen LogP contribution < -0.4 is 0 Å². The lowest BCUT2D eigenvalue weighted by Crippen LogP contribution is -2.43. The Kier molecular flexibility index (Phi) is 11.0. The first-order valence-corrected chi connectivity index (χ1v) is 13.4. The lowest BCUT2D eigenvalue weighted by atomic mass is 9.90. The van der Waals surface area contributed by atoms with Crippen molar-refractivity contribution in [2.75, 3.05) is 6.61 Å². The largest absolute Gasteiger partial charge is 0.447 e. The highest BCUT2D eigenvalue weighted by molar-refractivity contribution is 5.95. The molecule has 0 radical (unpaired) electrons. The summed E-state index contributed by atoms with van der Waals surface area (Å²) in [5.74, 6) is -0.610. The van der Waals surface area contributed by atoms with Crippen LogP contribution in [0.25, 0.3) is 5.57 Å². The monoisotopic (exact) mass is 487 g/mol. The minimum absolute atomic E-state index is 0.209. The van der Waals surface area contributed by atoms with Crippen LogP contribution >= 0.6 is 0 Å². The minimum atomic E-state index is -0.556. The van der Waals surface area contributed by atoms with Gasteiger partial charge in [-0.1, -0.05) is 106 Å². The molecule has 0 N–H and O–H groups in total. The number of imide groups is 1. The summed E-state index contributed by atoms with van der Waals surface area (Å²) in [6.07, 6.45) is 11.6. The van der Waals surface area contributed by atoms with Crippen LogP contribution in [0.15, 0.2) is 73.8 Å². The van der Waals surface area contributed by atoms with Crippen molar-refractivity contribution in [2.45, 2.75) is 77.2 Å². The van der Waals surface area contributed by atoms with Gasteiger partial charge >= 0.3 is 6.09 Å². The van der Waals surface area contributed by atoms with Gasteiger partial charge in [0.1, 0.15) is 6.61 Å². The Morgan fingerprint density at radius 3 is 2.42 bits per heavy atom. The summed E-state index contributed by atoms with van der Waals surface area (Å²) in [6, 6.07) is 18.1. The first kappa shape index (κ1) is 27.4. The number of nitrogens with zero attached hydrogens (tertiary/aromatic N) is 1. The normalized spacial score (nSPS) is 16.0. The van der Waals surface area contributed by atoms with Crippen molar-refractivity contribution in [2.24, 2.45) is 5.92 Å². The maximum absolute atomic E-state index is 13.5. The third kappa shape index (κ3) is 7.94. The number of cyclic esters (lactones) is 1. The van der Waals surface area contributed by atoms with Crippen LogP contribution in [0.4, 0.5) is 4.79 Å². The molecule has 192 valence electrons. The van der Waals surface area contributed by atoms with Gasteiger partial charge in [-0.15, -0.1) is 6.58 Å². The molecule has 4 nitrogen and oxygen atoms in total. The van der Waals surface area contributed by atoms with Crippen LogP contribution in [-0.2, 0) is 22.4 Å². The lowest BCUT2D eigenvalue weighted by Gasteiger charge is -2.25. The van der Waals surface area contributed by atoms with Gasteiger partial charge in [-0.05, 0) is 54.4 Å². The van der Waals surface area contributed by atoms with E-state index in [0.717, 1.165) is 23.1 Å². The molecule has 1 heterocycles. The Bertz CT molecular complexity index is 996. The number of benzene rings is 2. The molecule has 0 aromatic heterocycles. The molecule has 0 aliphatic carbocycles. The first-order chi connectivity index (χ1) is 17.5. The van der Waals surface area contributed by atoms with Crippen molar-refractivity contribution in [3.8, 4) is 0 Å². The predicted octanol–water partition coefficient (Wildman–Crippen LogP) is 7.78. The van der Waals surface area contributed by atoms with Crippen LogP contribution in [0, 0.1) is 5.92 Å². The molecule has 1 saturated heterocycles. The Morgan fingerprint density at radius 2 is 1.72 bits per heavy atom. The highest BCUT2D eigenvalue weighted by Crippen LogP contribution is 2.28. The van der Waals surface area contributed by atoms with Gasteiger partial charge in [0.2, 0.25) is 5.91 Å². The zero-order chi connectivity index (χ0) is 25.8. The minimum Gasteiger partial charge on any atom is -0.447 e. The SMILES string of the molecule is C=CC[C@@H](CC(=C)c1ccc(CCCCCCCC)cc1)C(=O)N1C(=O)OC[C@H]1Cc1ccccc1. The molecule has 2 aromatic carbocycles. The Hall–Kier alpha value is -3.14. The molecule has 3 rings (SSSR count). The van der Waals surface area contributed by atoms with Crippen molar-refractivity contribution >= 4 is 17.6 Å². The van der Waals surface area contributed by atoms with E-state index in [1.807, 2.05) is 30.3 Å². The number of allylic oxidation sites excluding steroid dienone is 2. The number of carbonyl (C=O) groups is 2. The van der Waals surface area contributed by atoms with E-state index < -0.39 is 12.0 Å². The van der Waals surface area contributed by atoms with Gasteiger partial charge in [0.05, 0.1) is 6.04 Å². The molecule has 0 bridgehead atoms. The van der Waals surface area contributed by atoms with Crippen LogP contribution in [0.2, 0.25) is 0 Å². The molecule has 36 heavy (non-hydrogen) atoms. The zero-order valence-electron chi connectivity index (χ0n) is 21.8. The molecular weight excluding hydrogens is 446 g/mol. The summed E-state index contributed by atoms with van der Waals surface area (Å²) in [7, 11) is 0. The fourth-order valence-electron chi connectivity index (χ4n) is 4.87. The highest BCUT2D eigenvalue weighted by atomic mass is 16.6. The number of aryl methyl sites for hydroxylation is 1. The van der Waals surface area contributed by atoms with Gasteiger partial charge in [-0.3, -0.25) is 4.79 Å². The van der Waals surface area contributed by atoms with Crippen molar-refractivity contribution in [3.05, 3.63) is 90.5 Å². The van der Waals surface area contributed by atoms with E-state index in [2.05, 4.69) is 44.3 Å². The van der Waals surface area contributed by atoms with E-state index in [9.17, 15) is 9.59 Å². The van der Waals surface area contributed by atoms with E-state index in [0.29, 0.717) is 19.3 Å². The summed E-state index contributed by atoms with van der Waals surface area (Å²) >= 11 is 0. The number of rotatable bonds is 15. The van der Waals surface area contributed by atoms with Crippen molar-refractivity contribution in [1.82, 2.24) is 4.90 Å². The molecule has 2 aromatic rings. The second-order valence-electron chi connectivity index (χ2n) is 9.87. The molecule has 0 saturated carbocycles. The number of ether oxygens (including phenoxy) is 1. The van der Waals surface area contributed by atoms with Gasteiger partial charge in [-0.25, -0.2) is 9.69 Å². The smallest absolute Gasteiger partial charge is 0.416 e. The van der Waals surface area contributed by atoms with E-state index in [1.54, 1.807) is 6.08 Å². The van der Waals surface area contributed by atoms with Crippen molar-refractivity contribution in [3.63, 3.8) is 0 Å². The summed E-state index contributed by atoms with van der Waals surface area (Å²) in [5, 5.41) is 0. The molecule has 1 aliphatic heterocycles. The Balaban J connectivity index is 1.59. The second kappa shape index (κ2) is 14.4. The van der Waals surface area contributed by atoms with E-state index in [1.165, 1.54) is 49.0 Å². The number of amides is 2. The molecule has 2 atom stereocenters. The fraction of sp³-hybridized carbons (Fsp3) is 0.438. The topological polar surface area (TPSA) is 46.6 Å². The molecule has 2 amide bonds. The average Bonchev–Trinajstić information content (AvgIpc) is 3.25. The third-order valence-electron chi connectivity index (χ3n) is 6.99. The maximum atomic E-state index is 13.5. The molecule has 4 heteroatoms. The number of unbranched alkanes of at least 4 members (excludes halogenated alkanes) is 5. The van der Waals surface area contributed by atoms with Gasteiger partial charge < -0.3 is 4.74 Å². The van der Waals surface area contributed by atoms with E-state index in [4.69, 9.17) is 4.74 Å². The third-order valence-corrected chi connectivity index (χ3v) is 6.99. The van der Waals surface area contributed by atoms with E-state index >= 15 is 0 Å². The highest BCUT2D eigenvalue weighted by Gasteiger charge is 2.40. The van der Waals surface area contributed by atoms with Crippen LogP contribution in [0.5, 0.6) is 0 Å². The van der Waals surface area contributed by atoms with Crippen LogP contribution in [0.1, 0.15) is 75.0 Å². The van der Waals surface area contributed by atoms with Gasteiger partial charge in [0, 0.05) is 5.92 Å². The van der Waals surface area contributed by atoms with Crippen LogP contribution in [0.3, 0.4) is 0 Å². The average molecular weight is 488 g/mol. The van der Waals surface area contributed by atoms with Crippen molar-refractivity contribution in [1.29, 1.82) is 0 Å². The quantitative estimate of drug-likeness (QED) is 0.190. The van der Waals surface area contributed by atoms with Crippen LogP contribution in [-0.4, -0.2) is 29.5 Å². The number of carbonyl (C=O) groups excluding carboxylic acids is 2. The van der Waals surface area contributed by atoms with Gasteiger partial charge in [0.25, 0.3) is 0 Å². The Labute approximate surface area is 217 Å². The summed E-state index contributed by atoms with van der Waals surface area (Å²) in [5.41, 5.74) is 4.34. The molecule has 1 aliphatic rings. The number of hydrogen-bond acceptors (Lipinski definition) is 3. The Morgan fingerprint density at radius 1 is 1.03 bits per heavy atom. The summed E-state index contributed by atoms with van der Waals surface area (Å²) in [4.78, 5) is 27.3. The second-order valence-corrected chi connectivity index (χ2v) is 9.87. The van der Waals surface area contributed by atoms with E-state index in [-0.39, 0.29) is 18.6 Å². The first-order valence-electron chi connectivity index (χ1n) is 13.4. The number of hydrogen-bond donors (Lipinski definition) is 0. The molecule has 1 fully saturated rings. The lowest BCUT2D eigenvalue weighted by molar-refractivity contribution is -0.133.